The van der Waals surface area contributed by atoms with E-state index in [0.717, 1.165) is 0 Å². The molecule has 0 saturated carbocycles. The molecule has 4 rings (SSSR count). The zero-order valence-electron chi connectivity index (χ0n) is 20.6. The van der Waals surface area contributed by atoms with Gasteiger partial charge in [-0.05, 0) is 63.2 Å². The number of sulfonamides is 1. The number of nitrogens with zero attached hydrogens (tertiary/aromatic N) is 4. The lowest BCUT2D eigenvalue weighted by molar-refractivity contribution is -0.115. The van der Waals surface area contributed by atoms with Crippen LogP contribution in [0.4, 0.5) is 11.6 Å². The number of carbonyl (C=O) groups excluding carboxylic acids is 1. The van der Waals surface area contributed by atoms with Crippen LogP contribution < -0.4 is 15.6 Å². The first kappa shape index (κ1) is 26.3. The van der Waals surface area contributed by atoms with E-state index in [1.165, 1.54) is 36.0 Å². The maximum absolute atomic E-state index is 12.7. The number of fused-ring (bicyclic) bond motifs is 1. The van der Waals surface area contributed by atoms with Crippen LogP contribution in [0.5, 0.6) is 0 Å². The summed E-state index contributed by atoms with van der Waals surface area (Å²) in [6.07, 6.45) is 0.183. The molecule has 0 unspecified atom stereocenters. The van der Waals surface area contributed by atoms with E-state index in [1.807, 2.05) is 13.0 Å². The maximum atomic E-state index is 12.7. The SMILES string of the molecule is CCn1c(SCCC(=O)Nc2ccc(S(=O)(=O)Nc3nc(C)cc(C)n3)cc2)nc2ccccc2c1=O. The minimum absolute atomic E-state index is 0.00164. The van der Waals surface area contributed by atoms with Crippen molar-refractivity contribution in [3.05, 3.63) is 76.3 Å². The van der Waals surface area contributed by atoms with Crippen molar-refractivity contribution in [2.45, 2.75) is 43.8 Å². The Balaban J connectivity index is 1.36. The van der Waals surface area contributed by atoms with Gasteiger partial charge in [0.2, 0.25) is 11.9 Å². The smallest absolute Gasteiger partial charge is 0.264 e. The lowest BCUT2D eigenvalue weighted by atomic mass is 10.2. The summed E-state index contributed by atoms with van der Waals surface area (Å²) in [4.78, 5) is 38.0. The van der Waals surface area contributed by atoms with Crippen LogP contribution in [0.25, 0.3) is 10.9 Å². The van der Waals surface area contributed by atoms with Gasteiger partial charge in [-0.15, -0.1) is 0 Å². The fraction of sp³-hybridized carbons (Fsp3) is 0.240. The summed E-state index contributed by atoms with van der Waals surface area (Å²) in [6, 6.07) is 14.8. The third-order valence-electron chi connectivity index (χ3n) is 5.36. The molecule has 0 fully saturated rings. The molecule has 37 heavy (non-hydrogen) atoms. The zero-order chi connectivity index (χ0) is 26.6. The molecular weight excluding hydrogens is 512 g/mol. The molecule has 0 aliphatic carbocycles. The van der Waals surface area contributed by atoms with Crippen molar-refractivity contribution in [1.29, 1.82) is 0 Å². The standard InChI is InChI=1S/C25H26N6O4S2/c1-4-31-23(33)20-7-5-6-8-21(20)29-25(31)36-14-13-22(32)28-18-9-11-19(12-10-18)37(34,35)30-24-26-16(2)15-17(3)27-24/h5-12,15H,4,13-14H2,1-3H3,(H,28,32)(H,26,27,30). The molecule has 192 valence electrons. The Kier molecular flexibility index (Phi) is 7.89. The van der Waals surface area contributed by atoms with E-state index in [2.05, 4.69) is 25.0 Å². The molecule has 0 radical (unpaired) electrons. The van der Waals surface area contributed by atoms with E-state index in [9.17, 15) is 18.0 Å². The van der Waals surface area contributed by atoms with Crippen molar-refractivity contribution in [3.63, 3.8) is 0 Å². The third kappa shape index (κ3) is 6.33. The molecule has 4 aromatic rings. The summed E-state index contributed by atoms with van der Waals surface area (Å²) >= 11 is 1.34. The second-order valence-corrected chi connectivity index (χ2v) is 11.0. The zero-order valence-corrected chi connectivity index (χ0v) is 22.2. The molecule has 2 N–H and O–H groups in total. The molecule has 0 aliphatic rings. The second-order valence-electron chi connectivity index (χ2n) is 8.21. The number of rotatable bonds is 9. The highest BCUT2D eigenvalue weighted by Crippen LogP contribution is 2.20. The summed E-state index contributed by atoms with van der Waals surface area (Å²) in [5, 5.41) is 3.89. The van der Waals surface area contributed by atoms with E-state index < -0.39 is 10.0 Å². The monoisotopic (exact) mass is 538 g/mol. The van der Waals surface area contributed by atoms with Gasteiger partial charge in [-0.1, -0.05) is 23.9 Å². The average molecular weight is 539 g/mol. The number of anilines is 2. The first-order valence-corrected chi connectivity index (χ1v) is 14.0. The van der Waals surface area contributed by atoms with Gasteiger partial charge in [0.25, 0.3) is 15.6 Å². The molecule has 0 aliphatic heterocycles. The van der Waals surface area contributed by atoms with Crippen molar-refractivity contribution in [3.8, 4) is 0 Å². The van der Waals surface area contributed by atoms with E-state index in [0.29, 0.717) is 45.4 Å². The van der Waals surface area contributed by atoms with Crippen molar-refractivity contribution in [2.24, 2.45) is 0 Å². The summed E-state index contributed by atoms with van der Waals surface area (Å²) in [5.74, 6) is 0.181. The van der Waals surface area contributed by atoms with Crippen molar-refractivity contribution in [1.82, 2.24) is 19.5 Å². The molecule has 0 bridgehead atoms. The lowest BCUT2D eigenvalue weighted by Gasteiger charge is -2.11. The Bertz CT molecular complexity index is 1600. The van der Waals surface area contributed by atoms with Gasteiger partial charge in [0.15, 0.2) is 5.16 Å². The predicted molar refractivity (Wildman–Crippen MR) is 144 cm³/mol. The van der Waals surface area contributed by atoms with Gasteiger partial charge >= 0.3 is 0 Å². The molecule has 1 amide bonds. The van der Waals surface area contributed by atoms with Crippen LogP contribution >= 0.6 is 11.8 Å². The molecule has 0 spiro atoms. The van der Waals surface area contributed by atoms with Gasteiger partial charge in [-0.3, -0.25) is 14.2 Å². The van der Waals surface area contributed by atoms with Crippen molar-refractivity contribution < 1.29 is 13.2 Å². The highest BCUT2D eigenvalue weighted by atomic mass is 32.2. The average Bonchev–Trinajstić information content (AvgIpc) is 2.84. The molecular formula is C25H26N6O4S2. The number of nitrogens with one attached hydrogen (secondary N) is 2. The Morgan fingerprint density at radius 1 is 1.00 bits per heavy atom. The number of carbonyl (C=O) groups is 1. The van der Waals surface area contributed by atoms with Crippen LogP contribution in [-0.2, 0) is 21.4 Å². The lowest BCUT2D eigenvalue weighted by Crippen LogP contribution is -2.22. The van der Waals surface area contributed by atoms with E-state index >= 15 is 0 Å². The number of amides is 1. The third-order valence-corrected chi connectivity index (χ3v) is 7.68. The fourth-order valence-corrected chi connectivity index (χ4v) is 5.61. The van der Waals surface area contributed by atoms with Crippen LogP contribution in [0, 0.1) is 13.8 Å². The number of hydrogen-bond donors (Lipinski definition) is 2. The highest BCUT2D eigenvalue weighted by molar-refractivity contribution is 7.99. The minimum atomic E-state index is -3.89. The maximum Gasteiger partial charge on any atom is 0.264 e. The Hall–Kier alpha value is -3.77. The first-order valence-electron chi connectivity index (χ1n) is 11.5. The Morgan fingerprint density at radius 3 is 2.35 bits per heavy atom. The van der Waals surface area contributed by atoms with Crippen LogP contribution in [0.1, 0.15) is 24.7 Å². The number of aromatic nitrogens is 4. The summed E-state index contributed by atoms with van der Waals surface area (Å²) in [5.41, 5.74) is 2.28. The van der Waals surface area contributed by atoms with Crippen LogP contribution in [0.2, 0.25) is 0 Å². The Morgan fingerprint density at radius 2 is 1.68 bits per heavy atom. The topological polar surface area (TPSA) is 136 Å². The van der Waals surface area contributed by atoms with Crippen molar-refractivity contribution >= 4 is 50.2 Å². The van der Waals surface area contributed by atoms with Gasteiger partial charge < -0.3 is 5.32 Å². The predicted octanol–water partition coefficient (Wildman–Crippen LogP) is 3.74. The molecule has 12 heteroatoms. The van der Waals surface area contributed by atoms with Gasteiger partial charge in [0.1, 0.15) is 0 Å². The number of hydrogen-bond acceptors (Lipinski definition) is 8. The van der Waals surface area contributed by atoms with Gasteiger partial charge in [0.05, 0.1) is 15.8 Å². The summed E-state index contributed by atoms with van der Waals surface area (Å²) in [6.45, 7) is 5.86. The Labute approximate surface area is 218 Å². The number of aryl methyl sites for hydroxylation is 2. The quantitative estimate of drug-likeness (QED) is 0.243. The van der Waals surface area contributed by atoms with E-state index in [4.69, 9.17) is 0 Å². The fourth-order valence-electron chi connectivity index (χ4n) is 3.66. The van der Waals surface area contributed by atoms with E-state index in [-0.39, 0.29) is 28.7 Å². The number of benzene rings is 2. The minimum Gasteiger partial charge on any atom is -0.326 e. The largest absolute Gasteiger partial charge is 0.326 e. The molecule has 2 aromatic heterocycles. The number of para-hydroxylation sites is 1. The van der Waals surface area contributed by atoms with Crippen LogP contribution in [0.15, 0.2) is 69.4 Å². The summed E-state index contributed by atoms with van der Waals surface area (Å²) in [7, 11) is -3.89. The normalized spacial score (nSPS) is 11.4. The second kappa shape index (κ2) is 11.1. The molecule has 2 aromatic carbocycles. The molecule has 10 nitrogen and oxygen atoms in total. The van der Waals surface area contributed by atoms with Gasteiger partial charge in [-0.25, -0.2) is 28.1 Å². The summed E-state index contributed by atoms with van der Waals surface area (Å²) < 4.78 is 29.3. The molecule has 0 saturated heterocycles. The van der Waals surface area contributed by atoms with Gasteiger partial charge in [0, 0.05) is 35.8 Å². The number of thioether (sulfide) groups is 1. The highest BCUT2D eigenvalue weighted by Gasteiger charge is 2.17. The molecule has 0 atom stereocenters. The van der Waals surface area contributed by atoms with E-state index in [1.54, 1.807) is 42.7 Å². The van der Waals surface area contributed by atoms with Crippen molar-refractivity contribution in [2.75, 3.05) is 15.8 Å². The van der Waals surface area contributed by atoms with Crippen LogP contribution in [0.3, 0.4) is 0 Å². The molecule has 2 heterocycles. The van der Waals surface area contributed by atoms with Crippen LogP contribution in [-0.4, -0.2) is 39.6 Å². The first-order chi connectivity index (χ1) is 17.7. The van der Waals surface area contributed by atoms with Gasteiger partial charge in [-0.2, -0.15) is 0 Å².